The first-order valence-electron chi connectivity index (χ1n) is 3.98. The quantitative estimate of drug-likeness (QED) is 0.718. The summed E-state index contributed by atoms with van der Waals surface area (Å²) in [5, 5.41) is 10.5. The van der Waals surface area contributed by atoms with Crippen LogP contribution in [0.5, 0.6) is 0 Å². The van der Waals surface area contributed by atoms with Crippen LogP contribution in [0.15, 0.2) is 29.2 Å². The predicted molar refractivity (Wildman–Crippen MR) is 55.0 cm³/mol. The average Bonchev–Trinajstić information content (AvgIpc) is 2.18. The van der Waals surface area contributed by atoms with Gasteiger partial charge >= 0.3 is 11.9 Å². The molecule has 5 nitrogen and oxygen atoms in total. The van der Waals surface area contributed by atoms with Gasteiger partial charge in [-0.3, -0.25) is 9.00 Å². The topological polar surface area (TPSA) is 83.5 Å². The lowest BCUT2D eigenvalue weighted by Gasteiger charge is -2.03. The number of nitrogens with one attached hydrogen (secondary N) is 1. The third kappa shape index (κ3) is 3.17. The smallest absolute Gasteiger partial charge is 0.394 e. The fraction of sp³-hybridized carbons (Fsp3) is 0.111. The zero-order valence-electron chi connectivity index (χ0n) is 7.89. The van der Waals surface area contributed by atoms with E-state index in [1.165, 1.54) is 18.4 Å². The molecule has 1 amide bonds. The molecule has 1 rings (SSSR count). The minimum absolute atomic E-state index is 0.315. The molecule has 0 aromatic heterocycles. The summed E-state index contributed by atoms with van der Waals surface area (Å²) in [6, 6.07) is 6.22. The van der Waals surface area contributed by atoms with Gasteiger partial charge in [-0.1, -0.05) is 6.07 Å². The van der Waals surface area contributed by atoms with Gasteiger partial charge in [-0.05, 0) is 18.2 Å². The fourth-order valence-corrected chi connectivity index (χ4v) is 1.50. The van der Waals surface area contributed by atoms with Gasteiger partial charge in [-0.15, -0.1) is 0 Å². The lowest BCUT2D eigenvalue weighted by Crippen LogP contribution is -2.21. The van der Waals surface area contributed by atoms with Crippen molar-refractivity contribution in [3.05, 3.63) is 24.3 Å². The Hall–Kier alpha value is -1.69. The molecular weight excluding hydrogens is 218 g/mol. The van der Waals surface area contributed by atoms with E-state index in [1.54, 1.807) is 12.1 Å². The molecule has 0 bridgehead atoms. The molecule has 0 aliphatic rings. The van der Waals surface area contributed by atoms with Crippen LogP contribution in [-0.2, 0) is 20.4 Å². The number of amides is 1. The van der Waals surface area contributed by atoms with Crippen molar-refractivity contribution in [3.63, 3.8) is 0 Å². The molecule has 0 radical (unpaired) electrons. The highest BCUT2D eigenvalue weighted by Gasteiger charge is 2.11. The molecule has 2 N–H and O–H groups in total. The number of carbonyl (C=O) groups excluding carboxylic acids is 1. The fourth-order valence-electron chi connectivity index (χ4n) is 0.937. The monoisotopic (exact) mass is 227 g/mol. The van der Waals surface area contributed by atoms with Crippen LogP contribution in [0.2, 0.25) is 0 Å². The second-order valence-corrected chi connectivity index (χ2v) is 4.12. The number of anilines is 1. The van der Waals surface area contributed by atoms with Gasteiger partial charge in [0.05, 0.1) is 0 Å². The van der Waals surface area contributed by atoms with E-state index in [1.807, 2.05) is 0 Å². The highest BCUT2D eigenvalue weighted by molar-refractivity contribution is 7.84. The first-order chi connectivity index (χ1) is 7.00. The zero-order valence-corrected chi connectivity index (χ0v) is 8.71. The van der Waals surface area contributed by atoms with Gasteiger partial charge in [0.1, 0.15) is 0 Å². The second-order valence-electron chi connectivity index (χ2n) is 2.74. The summed E-state index contributed by atoms with van der Waals surface area (Å²) < 4.78 is 11.1. The molecular formula is C9H9NO4S. The molecule has 80 valence electrons. The van der Waals surface area contributed by atoms with E-state index in [2.05, 4.69) is 5.32 Å². The summed E-state index contributed by atoms with van der Waals surface area (Å²) in [6.07, 6.45) is 1.50. The normalized spacial score (nSPS) is 11.8. The maximum Gasteiger partial charge on any atom is 0.394 e. The summed E-state index contributed by atoms with van der Waals surface area (Å²) >= 11 is 0. The SMILES string of the molecule is CS(=O)c1cccc(NC(=O)C(=O)O)c1. The van der Waals surface area contributed by atoms with Gasteiger partial charge in [0.15, 0.2) is 0 Å². The van der Waals surface area contributed by atoms with Crippen molar-refractivity contribution in [3.8, 4) is 0 Å². The lowest BCUT2D eigenvalue weighted by atomic mass is 10.3. The molecule has 0 aliphatic carbocycles. The highest BCUT2D eigenvalue weighted by atomic mass is 32.2. The minimum atomic E-state index is -1.56. The van der Waals surface area contributed by atoms with Gasteiger partial charge in [-0.25, -0.2) is 4.79 Å². The van der Waals surface area contributed by atoms with Crippen LogP contribution >= 0.6 is 0 Å². The Morgan fingerprint density at radius 1 is 1.40 bits per heavy atom. The Morgan fingerprint density at radius 3 is 2.60 bits per heavy atom. The predicted octanol–water partition coefficient (Wildman–Crippen LogP) is 0.447. The maximum atomic E-state index is 11.1. The van der Waals surface area contributed by atoms with E-state index >= 15 is 0 Å². The van der Waals surface area contributed by atoms with Crippen molar-refractivity contribution in [1.82, 2.24) is 0 Å². The van der Waals surface area contributed by atoms with Crippen molar-refractivity contribution in [2.24, 2.45) is 0 Å². The van der Waals surface area contributed by atoms with Crippen LogP contribution in [0.3, 0.4) is 0 Å². The van der Waals surface area contributed by atoms with Crippen molar-refractivity contribution in [2.75, 3.05) is 11.6 Å². The summed E-state index contributed by atoms with van der Waals surface area (Å²) in [6.45, 7) is 0. The van der Waals surface area contributed by atoms with Crippen LogP contribution in [-0.4, -0.2) is 27.4 Å². The molecule has 1 aromatic carbocycles. The van der Waals surface area contributed by atoms with Crippen LogP contribution < -0.4 is 5.32 Å². The second kappa shape index (κ2) is 4.70. The van der Waals surface area contributed by atoms with Crippen molar-refractivity contribution >= 4 is 28.4 Å². The third-order valence-corrected chi connectivity index (χ3v) is 2.54. The van der Waals surface area contributed by atoms with Gasteiger partial charge in [0, 0.05) is 27.6 Å². The Morgan fingerprint density at radius 2 is 2.07 bits per heavy atom. The number of rotatable bonds is 2. The first-order valence-corrected chi connectivity index (χ1v) is 5.54. The van der Waals surface area contributed by atoms with Gasteiger partial charge in [0.2, 0.25) is 0 Å². The number of hydrogen-bond donors (Lipinski definition) is 2. The minimum Gasteiger partial charge on any atom is -0.474 e. The summed E-state index contributed by atoms with van der Waals surface area (Å²) in [7, 11) is -1.16. The summed E-state index contributed by atoms with van der Waals surface area (Å²) in [5.41, 5.74) is 0.315. The van der Waals surface area contributed by atoms with Crippen molar-refractivity contribution in [2.45, 2.75) is 4.90 Å². The maximum absolute atomic E-state index is 11.1. The molecule has 1 aromatic rings. The van der Waals surface area contributed by atoms with Crippen molar-refractivity contribution < 1.29 is 18.9 Å². The molecule has 15 heavy (non-hydrogen) atoms. The molecule has 0 fully saturated rings. The Balaban J connectivity index is 2.87. The molecule has 1 atom stereocenters. The van der Waals surface area contributed by atoms with E-state index in [4.69, 9.17) is 5.11 Å². The number of carboxylic acids is 1. The Bertz CT molecular complexity index is 430. The summed E-state index contributed by atoms with van der Waals surface area (Å²) in [5.74, 6) is -2.67. The molecule has 0 spiro atoms. The molecule has 6 heteroatoms. The standard InChI is InChI=1S/C9H9NO4S/c1-15(14)7-4-2-3-6(5-7)10-8(11)9(12)13/h2-5H,1H3,(H,10,11)(H,12,13). The molecule has 0 saturated carbocycles. The first kappa shape index (κ1) is 11.4. The Kier molecular flexibility index (Phi) is 3.56. The van der Waals surface area contributed by atoms with E-state index in [-0.39, 0.29) is 0 Å². The van der Waals surface area contributed by atoms with Crippen LogP contribution in [0.25, 0.3) is 0 Å². The van der Waals surface area contributed by atoms with E-state index < -0.39 is 22.7 Å². The molecule has 0 saturated heterocycles. The largest absolute Gasteiger partial charge is 0.474 e. The molecule has 0 aliphatic heterocycles. The number of aliphatic carboxylic acids is 1. The molecule has 0 heterocycles. The van der Waals surface area contributed by atoms with Gasteiger partial charge < -0.3 is 10.4 Å². The lowest BCUT2D eigenvalue weighted by molar-refractivity contribution is -0.147. The van der Waals surface area contributed by atoms with Crippen LogP contribution in [0.4, 0.5) is 5.69 Å². The van der Waals surface area contributed by atoms with Crippen LogP contribution in [0.1, 0.15) is 0 Å². The average molecular weight is 227 g/mol. The Labute approximate surface area is 88.6 Å². The van der Waals surface area contributed by atoms with Gasteiger partial charge in [-0.2, -0.15) is 0 Å². The van der Waals surface area contributed by atoms with E-state index in [0.717, 1.165) is 0 Å². The van der Waals surface area contributed by atoms with E-state index in [9.17, 15) is 13.8 Å². The van der Waals surface area contributed by atoms with E-state index in [0.29, 0.717) is 10.6 Å². The van der Waals surface area contributed by atoms with Gasteiger partial charge in [0.25, 0.3) is 0 Å². The third-order valence-electron chi connectivity index (χ3n) is 1.62. The molecule has 1 unspecified atom stereocenters. The van der Waals surface area contributed by atoms with Crippen molar-refractivity contribution in [1.29, 1.82) is 0 Å². The zero-order chi connectivity index (χ0) is 11.4. The van der Waals surface area contributed by atoms with Crippen LogP contribution in [0, 0.1) is 0 Å². The summed E-state index contributed by atoms with van der Waals surface area (Å²) in [4.78, 5) is 21.6. The highest BCUT2D eigenvalue weighted by Crippen LogP contribution is 2.12. The number of benzene rings is 1. The number of carboxylic acid groups (broad SMARTS) is 1. The number of carbonyl (C=O) groups is 2. The number of hydrogen-bond acceptors (Lipinski definition) is 3.